The Morgan fingerprint density at radius 3 is 1.38 bits per heavy atom. The van der Waals surface area contributed by atoms with Gasteiger partial charge in [0.2, 0.25) is 0 Å². The van der Waals surface area contributed by atoms with Crippen molar-refractivity contribution in [2.24, 2.45) is 5.92 Å². The van der Waals surface area contributed by atoms with E-state index < -0.39 is 29.9 Å². The molecular formula is C5H7NO7. The van der Waals surface area contributed by atoms with Crippen LogP contribution in [0.25, 0.3) is 0 Å². The maximum absolute atomic E-state index is 10.3. The van der Waals surface area contributed by atoms with E-state index in [2.05, 4.69) is 0 Å². The second-order valence-corrected chi connectivity index (χ2v) is 2.10. The summed E-state index contributed by atoms with van der Waals surface area (Å²) < 4.78 is 0. The number of aliphatic carboxylic acids is 3. The molecule has 0 aromatic rings. The molecule has 0 aromatic heterocycles. The van der Waals surface area contributed by atoms with Crippen LogP contribution in [-0.4, -0.2) is 44.5 Å². The zero-order chi connectivity index (χ0) is 10.6. The summed E-state index contributed by atoms with van der Waals surface area (Å²) >= 11 is 0. The molecule has 0 bridgehead atoms. The summed E-state index contributed by atoms with van der Waals surface area (Å²) in [5, 5.41) is 33.1. The fraction of sp³-hybridized carbons (Fsp3) is 0.400. The zero-order valence-electron chi connectivity index (χ0n) is 6.17. The van der Waals surface area contributed by atoms with Crippen LogP contribution in [0.4, 0.5) is 0 Å². The standard InChI is InChI=1S/C5H7NO7/c7-3(8)1(4(9)10)2(6-13)5(11)12/h1-2,6,13H,(H,7,8)(H,9,10)(H,11,12). The Balaban J connectivity index is 4.80. The normalized spacial score (nSPS) is 12.5. The van der Waals surface area contributed by atoms with E-state index >= 15 is 0 Å². The van der Waals surface area contributed by atoms with Crippen LogP contribution in [0.2, 0.25) is 0 Å². The molecule has 1 atom stereocenters. The lowest BCUT2D eigenvalue weighted by molar-refractivity contribution is -0.164. The molecule has 0 aliphatic heterocycles. The van der Waals surface area contributed by atoms with Crippen molar-refractivity contribution in [3.8, 4) is 0 Å². The average molecular weight is 193 g/mol. The average Bonchev–Trinajstić information content (AvgIpc) is 1.97. The van der Waals surface area contributed by atoms with Crippen LogP contribution < -0.4 is 5.48 Å². The first-order chi connectivity index (χ1) is 5.91. The molecule has 0 amide bonds. The summed E-state index contributed by atoms with van der Waals surface area (Å²) in [5.41, 5.74) is 1.10. The van der Waals surface area contributed by atoms with E-state index in [4.69, 9.17) is 20.5 Å². The van der Waals surface area contributed by atoms with Gasteiger partial charge in [0.25, 0.3) is 0 Å². The number of carboxylic acid groups (broad SMARTS) is 3. The number of hydrogen-bond donors (Lipinski definition) is 5. The Morgan fingerprint density at radius 1 is 0.923 bits per heavy atom. The molecule has 1 unspecified atom stereocenters. The predicted molar refractivity (Wildman–Crippen MR) is 35.1 cm³/mol. The fourth-order valence-corrected chi connectivity index (χ4v) is 0.663. The highest BCUT2D eigenvalue weighted by Crippen LogP contribution is 2.04. The van der Waals surface area contributed by atoms with E-state index in [1.165, 1.54) is 0 Å². The highest BCUT2D eigenvalue weighted by atomic mass is 16.5. The summed E-state index contributed by atoms with van der Waals surface area (Å²) in [6.07, 6.45) is 0. The first-order valence-corrected chi connectivity index (χ1v) is 2.99. The second kappa shape index (κ2) is 4.38. The molecule has 0 aliphatic rings. The molecule has 0 rings (SSSR count). The number of nitrogens with one attached hydrogen (secondary N) is 1. The van der Waals surface area contributed by atoms with Gasteiger partial charge in [-0.2, -0.15) is 5.48 Å². The second-order valence-electron chi connectivity index (χ2n) is 2.10. The minimum atomic E-state index is -2.23. The molecule has 0 aliphatic carbocycles. The van der Waals surface area contributed by atoms with E-state index in [-0.39, 0.29) is 0 Å². The number of hydroxylamine groups is 1. The van der Waals surface area contributed by atoms with Gasteiger partial charge < -0.3 is 20.5 Å². The molecule has 0 aromatic carbocycles. The van der Waals surface area contributed by atoms with Crippen molar-refractivity contribution in [3.63, 3.8) is 0 Å². The van der Waals surface area contributed by atoms with Crippen LogP contribution >= 0.6 is 0 Å². The van der Waals surface area contributed by atoms with Crippen molar-refractivity contribution >= 4 is 17.9 Å². The summed E-state index contributed by atoms with van der Waals surface area (Å²) in [5.74, 6) is -7.69. The Bertz CT molecular complexity index is 223. The lowest BCUT2D eigenvalue weighted by Crippen LogP contribution is -2.48. The lowest BCUT2D eigenvalue weighted by atomic mass is 10.0. The molecule has 8 nitrogen and oxygen atoms in total. The number of carbonyl (C=O) groups is 3. The summed E-state index contributed by atoms with van der Waals surface area (Å²) in [7, 11) is 0. The first kappa shape index (κ1) is 11.3. The third-order valence-electron chi connectivity index (χ3n) is 1.27. The molecule has 74 valence electrons. The minimum Gasteiger partial charge on any atom is -0.481 e. The molecule has 0 saturated carbocycles. The minimum absolute atomic E-state index is 1.10. The predicted octanol–water partition coefficient (Wildman–Crippen LogP) is -1.80. The van der Waals surface area contributed by atoms with Crippen molar-refractivity contribution in [2.45, 2.75) is 6.04 Å². The number of carboxylic acids is 3. The van der Waals surface area contributed by atoms with E-state index in [1.54, 1.807) is 0 Å². The Kier molecular flexibility index (Phi) is 3.82. The Labute approximate surface area is 71.4 Å². The SMILES string of the molecule is O=C(O)C(NO)C(C(=O)O)C(=O)O. The summed E-state index contributed by atoms with van der Waals surface area (Å²) in [6.45, 7) is 0. The summed E-state index contributed by atoms with van der Waals surface area (Å²) in [4.78, 5) is 30.7. The lowest BCUT2D eigenvalue weighted by Gasteiger charge is -2.14. The smallest absolute Gasteiger partial charge is 0.324 e. The van der Waals surface area contributed by atoms with Gasteiger partial charge in [0.05, 0.1) is 0 Å². The van der Waals surface area contributed by atoms with Crippen LogP contribution in [-0.2, 0) is 14.4 Å². The van der Waals surface area contributed by atoms with Crippen molar-refractivity contribution in [3.05, 3.63) is 0 Å². The molecule has 0 fully saturated rings. The van der Waals surface area contributed by atoms with Gasteiger partial charge in [-0.05, 0) is 0 Å². The van der Waals surface area contributed by atoms with Crippen LogP contribution in [0.3, 0.4) is 0 Å². The van der Waals surface area contributed by atoms with Crippen molar-refractivity contribution in [1.29, 1.82) is 0 Å². The van der Waals surface area contributed by atoms with Crippen molar-refractivity contribution in [2.75, 3.05) is 0 Å². The molecule has 0 saturated heterocycles. The largest absolute Gasteiger partial charge is 0.481 e. The highest BCUT2D eigenvalue weighted by Gasteiger charge is 2.39. The first-order valence-electron chi connectivity index (χ1n) is 2.99. The van der Waals surface area contributed by atoms with E-state index in [0.717, 1.165) is 5.48 Å². The number of hydrogen-bond acceptors (Lipinski definition) is 5. The third kappa shape index (κ3) is 2.69. The van der Waals surface area contributed by atoms with E-state index in [0.29, 0.717) is 0 Å². The van der Waals surface area contributed by atoms with Gasteiger partial charge in [0, 0.05) is 0 Å². The Hall–Kier alpha value is -1.67. The molecule has 8 heteroatoms. The maximum Gasteiger partial charge on any atom is 0.324 e. The molecule has 0 heterocycles. The molecular weight excluding hydrogens is 186 g/mol. The van der Waals surface area contributed by atoms with E-state index in [1.807, 2.05) is 0 Å². The van der Waals surface area contributed by atoms with Gasteiger partial charge >= 0.3 is 17.9 Å². The zero-order valence-corrected chi connectivity index (χ0v) is 6.17. The van der Waals surface area contributed by atoms with Gasteiger partial charge in [0.15, 0.2) is 12.0 Å². The van der Waals surface area contributed by atoms with Gasteiger partial charge in [-0.25, -0.2) is 0 Å². The van der Waals surface area contributed by atoms with Crippen LogP contribution in [0.5, 0.6) is 0 Å². The molecule has 13 heavy (non-hydrogen) atoms. The van der Waals surface area contributed by atoms with Crippen LogP contribution in [0, 0.1) is 5.92 Å². The van der Waals surface area contributed by atoms with Crippen molar-refractivity contribution in [1.82, 2.24) is 5.48 Å². The number of rotatable bonds is 5. The van der Waals surface area contributed by atoms with E-state index in [9.17, 15) is 14.4 Å². The topological polar surface area (TPSA) is 144 Å². The highest BCUT2D eigenvalue weighted by molar-refractivity contribution is 5.98. The van der Waals surface area contributed by atoms with Gasteiger partial charge in [-0.1, -0.05) is 0 Å². The van der Waals surface area contributed by atoms with Gasteiger partial charge in [-0.15, -0.1) is 0 Å². The molecule has 5 N–H and O–H groups in total. The summed E-state index contributed by atoms with van der Waals surface area (Å²) in [6, 6.07) is -2.07. The fourth-order valence-electron chi connectivity index (χ4n) is 0.663. The van der Waals surface area contributed by atoms with Crippen molar-refractivity contribution < 1.29 is 34.9 Å². The quantitative estimate of drug-likeness (QED) is 0.254. The van der Waals surface area contributed by atoms with Gasteiger partial charge in [0.1, 0.15) is 0 Å². The molecule has 0 spiro atoms. The van der Waals surface area contributed by atoms with Crippen LogP contribution in [0.1, 0.15) is 0 Å². The monoisotopic (exact) mass is 193 g/mol. The van der Waals surface area contributed by atoms with Crippen LogP contribution in [0.15, 0.2) is 0 Å². The third-order valence-corrected chi connectivity index (χ3v) is 1.27. The van der Waals surface area contributed by atoms with Gasteiger partial charge in [-0.3, -0.25) is 14.4 Å². The Morgan fingerprint density at radius 2 is 1.31 bits per heavy atom. The maximum atomic E-state index is 10.3. The molecule has 0 radical (unpaired) electrons.